The van der Waals surface area contributed by atoms with Crippen molar-refractivity contribution in [2.45, 2.75) is 26.8 Å². The lowest BCUT2D eigenvalue weighted by Gasteiger charge is -2.21. The molecular formula is C11H19N3O. The molecule has 0 aliphatic carbocycles. The maximum absolute atomic E-state index is 11.5. The summed E-state index contributed by atoms with van der Waals surface area (Å²) in [4.78, 5) is 14.5. The summed E-state index contributed by atoms with van der Waals surface area (Å²) in [5.41, 5.74) is 6.52. The summed E-state index contributed by atoms with van der Waals surface area (Å²) in [6.07, 6.45) is 4.17. The fourth-order valence-corrected chi connectivity index (χ4v) is 1.24. The average molecular weight is 209 g/mol. The molecule has 0 radical (unpaired) electrons. The van der Waals surface area contributed by atoms with Crippen LogP contribution in [0.5, 0.6) is 0 Å². The predicted molar refractivity (Wildman–Crippen MR) is 60.1 cm³/mol. The number of nitrogens with two attached hydrogens (primary N) is 1. The first kappa shape index (κ1) is 11.8. The van der Waals surface area contributed by atoms with Crippen molar-refractivity contribution in [3.05, 3.63) is 24.0 Å². The van der Waals surface area contributed by atoms with E-state index in [1.54, 1.807) is 0 Å². The second-order valence-electron chi connectivity index (χ2n) is 4.54. The molecule has 0 saturated carbocycles. The first-order chi connectivity index (χ1) is 7.03. The lowest BCUT2D eigenvalue weighted by molar-refractivity contribution is -0.123. The molecule has 15 heavy (non-hydrogen) atoms. The summed E-state index contributed by atoms with van der Waals surface area (Å²) in [5, 5.41) is 2.86. The third-order valence-electron chi connectivity index (χ3n) is 2.34. The van der Waals surface area contributed by atoms with Gasteiger partial charge in [-0.3, -0.25) is 4.79 Å². The molecule has 0 fully saturated rings. The maximum atomic E-state index is 11.5. The highest BCUT2D eigenvalue weighted by molar-refractivity contribution is 5.76. The fraction of sp³-hybridized carbons (Fsp3) is 0.545. The van der Waals surface area contributed by atoms with Gasteiger partial charge in [0.15, 0.2) is 0 Å². The molecule has 0 bridgehead atoms. The van der Waals surface area contributed by atoms with E-state index >= 15 is 0 Å². The second kappa shape index (κ2) is 4.98. The van der Waals surface area contributed by atoms with E-state index in [4.69, 9.17) is 5.73 Å². The summed E-state index contributed by atoms with van der Waals surface area (Å²) in [6, 6.07) is 1.94. The summed E-state index contributed by atoms with van der Waals surface area (Å²) in [7, 11) is 0. The van der Waals surface area contributed by atoms with E-state index in [1.807, 2.05) is 32.3 Å². The molecule has 0 aliphatic heterocycles. The van der Waals surface area contributed by atoms with E-state index in [2.05, 4.69) is 10.3 Å². The van der Waals surface area contributed by atoms with Crippen LogP contribution in [0.25, 0.3) is 0 Å². The fourth-order valence-electron chi connectivity index (χ4n) is 1.24. The van der Waals surface area contributed by atoms with Gasteiger partial charge in [-0.05, 0) is 23.6 Å². The van der Waals surface area contributed by atoms with Crippen molar-refractivity contribution in [2.24, 2.45) is 11.1 Å². The van der Waals surface area contributed by atoms with Crippen molar-refractivity contribution >= 4 is 5.91 Å². The zero-order chi connectivity index (χ0) is 11.3. The third-order valence-corrected chi connectivity index (χ3v) is 2.34. The van der Waals surface area contributed by atoms with E-state index in [1.165, 1.54) is 0 Å². The number of rotatable bonds is 5. The van der Waals surface area contributed by atoms with Crippen LogP contribution in [0, 0.1) is 5.41 Å². The molecule has 4 nitrogen and oxygen atoms in total. The molecule has 4 heteroatoms. The van der Waals surface area contributed by atoms with Crippen LogP contribution >= 0.6 is 0 Å². The Morgan fingerprint density at radius 3 is 2.87 bits per heavy atom. The van der Waals surface area contributed by atoms with Crippen LogP contribution in [0.1, 0.15) is 25.8 Å². The first-order valence-electron chi connectivity index (χ1n) is 5.12. The largest absolute Gasteiger partial charge is 0.367 e. The van der Waals surface area contributed by atoms with Crippen molar-refractivity contribution in [1.82, 2.24) is 10.3 Å². The maximum Gasteiger partial charge on any atom is 0.220 e. The molecule has 4 N–H and O–H groups in total. The number of carbonyl (C=O) groups excluding carboxylic acids is 1. The molecule has 1 aromatic rings. The van der Waals surface area contributed by atoms with Gasteiger partial charge in [-0.15, -0.1) is 0 Å². The number of H-pyrrole nitrogens is 1. The number of nitrogens with one attached hydrogen (secondary N) is 2. The van der Waals surface area contributed by atoms with Gasteiger partial charge >= 0.3 is 0 Å². The summed E-state index contributed by atoms with van der Waals surface area (Å²) in [5.74, 6) is 0.0478. The second-order valence-corrected chi connectivity index (χ2v) is 4.54. The Kier molecular flexibility index (Phi) is 3.91. The van der Waals surface area contributed by atoms with E-state index in [0.717, 1.165) is 5.56 Å². The van der Waals surface area contributed by atoms with Gasteiger partial charge in [0.2, 0.25) is 5.91 Å². The first-order valence-corrected chi connectivity index (χ1v) is 5.12. The van der Waals surface area contributed by atoms with E-state index in [-0.39, 0.29) is 11.3 Å². The van der Waals surface area contributed by atoms with Crippen LogP contribution < -0.4 is 11.1 Å². The zero-order valence-corrected chi connectivity index (χ0v) is 9.34. The number of amides is 1. The quantitative estimate of drug-likeness (QED) is 0.677. The molecule has 0 aliphatic rings. The number of carbonyl (C=O) groups is 1. The zero-order valence-electron chi connectivity index (χ0n) is 9.34. The Morgan fingerprint density at radius 1 is 1.60 bits per heavy atom. The SMILES string of the molecule is CC(C)(CN)CC(=O)NCc1cc[nH]c1. The van der Waals surface area contributed by atoms with Gasteiger partial charge in [-0.1, -0.05) is 13.8 Å². The standard InChI is InChI=1S/C11H19N3O/c1-11(2,8-12)5-10(15)14-7-9-3-4-13-6-9/h3-4,6,13H,5,7-8,12H2,1-2H3,(H,14,15). The van der Waals surface area contributed by atoms with Crippen molar-refractivity contribution in [1.29, 1.82) is 0 Å². The predicted octanol–water partition coefficient (Wildman–Crippen LogP) is 1.01. The number of aromatic nitrogens is 1. The van der Waals surface area contributed by atoms with E-state index < -0.39 is 0 Å². The number of aromatic amines is 1. The van der Waals surface area contributed by atoms with Gasteiger partial charge in [-0.2, -0.15) is 0 Å². The minimum Gasteiger partial charge on any atom is -0.367 e. The van der Waals surface area contributed by atoms with Crippen molar-refractivity contribution in [2.75, 3.05) is 6.54 Å². The van der Waals surface area contributed by atoms with Crippen molar-refractivity contribution in [3.8, 4) is 0 Å². The van der Waals surface area contributed by atoms with Crippen molar-refractivity contribution in [3.63, 3.8) is 0 Å². The average Bonchev–Trinajstić information content (AvgIpc) is 2.66. The highest BCUT2D eigenvalue weighted by atomic mass is 16.1. The molecule has 0 unspecified atom stereocenters. The van der Waals surface area contributed by atoms with Gasteiger partial charge in [0.05, 0.1) is 0 Å². The van der Waals surface area contributed by atoms with Crippen LogP contribution in [-0.2, 0) is 11.3 Å². The summed E-state index contributed by atoms with van der Waals surface area (Å²) in [6.45, 7) is 5.07. The molecule has 84 valence electrons. The summed E-state index contributed by atoms with van der Waals surface area (Å²) >= 11 is 0. The monoisotopic (exact) mass is 209 g/mol. The molecule has 1 aromatic heterocycles. The highest BCUT2D eigenvalue weighted by Crippen LogP contribution is 2.17. The molecule has 0 aromatic carbocycles. The number of hydrogen-bond donors (Lipinski definition) is 3. The summed E-state index contributed by atoms with van der Waals surface area (Å²) < 4.78 is 0. The molecule has 1 rings (SSSR count). The Balaban J connectivity index is 2.31. The minimum absolute atomic E-state index is 0.0478. The van der Waals surface area contributed by atoms with Crippen LogP contribution in [-0.4, -0.2) is 17.4 Å². The lowest BCUT2D eigenvalue weighted by atomic mass is 9.89. The highest BCUT2D eigenvalue weighted by Gasteiger charge is 2.19. The van der Waals surface area contributed by atoms with Gasteiger partial charge in [-0.25, -0.2) is 0 Å². The van der Waals surface area contributed by atoms with E-state index in [0.29, 0.717) is 19.5 Å². The Labute approximate surface area is 90.2 Å². The Bertz CT molecular complexity index is 304. The van der Waals surface area contributed by atoms with Crippen LogP contribution in [0.3, 0.4) is 0 Å². The third kappa shape index (κ3) is 4.16. The minimum atomic E-state index is -0.123. The smallest absolute Gasteiger partial charge is 0.220 e. The topological polar surface area (TPSA) is 70.9 Å². The normalized spacial score (nSPS) is 11.4. The van der Waals surface area contributed by atoms with Gasteiger partial charge in [0, 0.05) is 25.4 Å². The molecule has 0 atom stereocenters. The Hall–Kier alpha value is -1.29. The molecular weight excluding hydrogens is 190 g/mol. The van der Waals surface area contributed by atoms with Crippen molar-refractivity contribution < 1.29 is 4.79 Å². The van der Waals surface area contributed by atoms with Crippen LogP contribution in [0.4, 0.5) is 0 Å². The van der Waals surface area contributed by atoms with Gasteiger partial charge in [0.25, 0.3) is 0 Å². The molecule has 1 amide bonds. The lowest BCUT2D eigenvalue weighted by Crippen LogP contribution is -2.32. The van der Waals surface area contributed by atoms with E-state index in [9.17, 15) is 4.79 Å². The molecule has 0 saturated heterocycles. The van der Waals surface area contributed by atoms with Gasteiger partial charge < -0.3 is 16.0 Å². The Morgan fingerprint density at radius 2 is 2.33 bits per heavy atom. The molecule has 0 spiro atoms. The number of hydrogen-bond acceptors (Lipinski definition) is 2. The van der Waals surface area contributed by atoms with Gasteiger partial charge in [0.1, 0.15) is 0 Å². The van der Waals surface area contributed by atoms with Crippen LogP contribution in [0.15, 0.2) is 18.5 Å². The molecule has 1 heterocycles. The van der Waals surface area contributed by atoms with Crippen LogP contribution in [0.2, 0.25) is 0 Å².